The Balaban J connectivity index is 1.41. The minimum Gasteiger partial charge on any atom is -0.497 e. The van der Waals surface area contributed by atoms with Crippen LogP contribution in [0, 0.1) is 12.8 Å². The Labute approximate surface area is 257 Å². The highest BCUT2D eigenvalue weighted by Gasteiger charge is 2.56. The third-order valence-corrected chi connectivity index (χ3v) is 10.5. The molecule has 6 rings (SSSR count). The van der Waals surface area contributed by atoms with Crippen LogP contribution in [0.2, 0.25) is 0 Å². The molecular formula is C32H30N4O5S2. The van der Waals surface area contributed by atoms with Gasteiger partial charge in [0.05, 0.1) is 23.7 Å². The zero-order valence-corrected chi connectivity index (χ0v) is 25.7. The third-order valence-electron chi connectivity index (χ3n) is 7.87. The maximum absolute atomic E-state index is 14.1. The zero-order chi connectivity index (χ0) is 30.4. The molecule has 9 nitrogen and oxygen atoms in total. The number of hydrogen-bond donors (Lipinski definition) is 1. The Morgan fingerprint density at radius 1 is 0.953 bits per heavy atom. The fraction of sp³-hybridized carbons (Fsp3) is 0.250. The van der Waals surface area contributed by atoms with Crippen molar-refractivity contribution in [1.29, 1.82) is 0 Å². The van der Waals surface area contributed by atoms with Crippen LogP contribution in [0.3, 0.4) is 0 Å². The summed E-state index contributed by atoms with van der Waals surface area (Å²) in [6, 6.07) is 22.1. The molecule has 0 radical (unpaired) electrons. The molecule has 1 N–H and O–H groups in total. The number of imide groups is 1. The first-order valence-electron chi connectivity index (χ1n) is 13.7. The minimum absolute atomic E-state index is 0.208. The maximum atomic E-state index is 14.1. The van der Waals surface area contributed by atoms with Gasteiger partial charge in [-0.1, -0.05) is 53.4 Å². The van der Waals surface area contributed by atoms with Gasteiger partial charge >= 0.3 is 4.87 Å². The zero-order valence-electron chi connectivity index (χ0n) is 24.1. The maximum Gasteiger partial charge on any atom is 0.308 e. The number of methoxy groups -OCH3 is 1. The number of para-hydroxylation sites is 1. The first-order chi connectivity index (χ1) is 20.7. The highest BCUT2D eigenvalue weighted by molar-refractivity contribution is 8.00. The van der Waals surface area contributed by atoms with E-state index in [1.54, 1.807) is 31.4 Å². The Bertz CT molecular complexity index is 1780. The number of amides is 3. The number of carbonyl (C=O) groups excluding carboxylic acids is 3. The Hall–Kier alpha value is -4.35. The van der Waals surface area contributed by atoms with E-state index < -0.39 is 17.1 Å². The van der Waals surface area contributed by atoms with Crippen molar-refractivity contribution in [2.24, 2.45) is 5.92 Å². The molecule has 1 aromatic heterocycles. The number of aryl methyl sites for hydroxylation is 1. The van der Waals surface area contributed by atoms with E-state index in [2.05, 4.69) is 5.32 Å². The predicted octanol–water partition coefficient (Wildman–Crippen LogP) is 4.73. The molecule has 3 amide bonds. The fourth-order valence-electron chi connectivity index (χ4n) is 5.63. The van der Waals surface area contributed by atoms with E-state index in [-0.39, 0.29) is 29.1 Å². The van der Waals surface area contributed by atoms with E-state index in [1.165, 1.54) is 21.2 Å². The van der Waals surface area contributed by atoms with Crippen molar-refractivity contribution in [1.82, 2.24) is 4.57 Å². The van der Waals surface area contributed by atoms with Crippen molar-refractivity contribution in [3.05, 3.63) is 98.5 Å². The van der Waals surface area contributed by atoms with E-state index >= 15 is 0 Å². The molecular weight excluding hydrogens is 585 g/mol. The van der Waals surface area contributed by atoms with Gasteiger partial charge in [-0.05, 0) is 60.5 Å². The summed E-state index contributed by atoms with van der Waals surface area (Å²) in [5.74, 6) is -1.64. The number of hydrogen-bond acceptors (Lipinski definition) is 8. The van der Waals surface area contributed by atoms with Crippen molar-refractivity contribution >= 4 is 57.9 Å². The quantitative estimate of drug-likeness (QED) is 0.301. The largest absolute Gasteiger partial charge is 0.497 e. The lowest BCUT2D eigenvalue weighted by Gasteiger charge is -2.31. The number of rotatable bonds is 7. The summed E-state index contributed by atoms with van der Waals surface area (Å²) in [7, 11) is 5.44. The molecule has 0 unspecified atom stereocenters. The number of fused-ring (bicyclic) bond motifs is 2. The summed E-state index contributed by atoms with van der Waals surface area (Å²) in [6.07, 6.45) is 0. The lowest BCUT2D eigenvalue weighted by Crippen LogP contribution is -2.33. The van der Waals surface area contributed by atoms with Crippen molar-refractivity contribution in [3.63, 3.8) is 0 Å². The Morgan fingerprint density at radius 2 is 1.65 bits per heavy atom. The number of ether oxygens (including phenoxy) is 1. The molecule has 2 aliphatic heterocycles. The van der Waals surface area contributed by atoms with Gasteiger partial charge < -0.3 is 15.0 Å². The molecule has 3 heterocycles. The van der Waals surface area contributed by atoms with Crippen LogP contribution < -0.4 is 24.7 Å². The molecule has 1 fully saturated rings. The van der Waals surface area contributed by atoms with Crippen molar-refractivity contribution < 1.29 is 19.1 Å². The first kappa shape index (κ1) is 28.8. The van der Waals surface area contributed by atoms with E-state index in [4.69, 9.17) is 4.74 Å². The standard InChI is InChI=1S/C32H30N4O5S2/c1-18-7-5-6-8-23(18)33-24(37)17-35-31-28(43-32(35)40)25(19-9-11-20(12-10-19)34(2)3)26-27(42-31)30(39)36(29(26)38)21-13-15-22(41-4)16-14-21/h5-16,25-27H,17H2,1-4H3,(H,33,37)/t25-,26-,27+/m0/s1. The summed E-state index contributed by atoms with van der Waals surface area (Å²) >= 11 is 2.23. The SMILES string of the molecule is COc1ccc(N2C(=O)[C@H]3[C@H](c4ccc(N(C)C)cc4)c4sc(=O)n(CC(=O)Nc5ccccc5C)c4S[C@H]3C2=O)cc1. The van der Waals surface area contributed by atoms with Crippen LogP contribution in [0.15, 0.2) is 82.6 Å². The van der Waals surface area contributed by atoms with Crippen molar-refractivity contribution in [2.75, 3.05) is 36.3 Å². The van der Waals surface area contributed by atoms with Crippen LogP contribution >= 0.6 is 23.1 Å². The average molecular weight is 615 g/mol. The highest BCUT2D eigenvalue weighted by atomic mass is 32.2. The van der Waals surface area contributed by atoms with Gasteiger partial charge in [0.25, 0.3) is 0 Å². The number of thiazole rings is 1. The Morgan fingerprint density at radius 3 is 2.30 bits per heavy atom. The molecule has 0 aliphatic carbocycles. The van der Waals surface area contributed by atoms with Gasteiger partial charge in [-0.3, -0.25) is 23.7 Å². The van der Waals surface area contributed by atoms with Gasteiger partial charge in [0.15, 0.2) is 0 Å². The summed E-state index contributed by atoms with van der Waals surface area (Å²) in [6.45, 7) is 1.69. The number of benzene rings is 3. The highest BCUT2D eigenvalue weighted by Crippen LogP contribution is 2.54. The topological polar surface area (TPSA) is 101 Å². The van der Waals surface area contributed by atoms with Gasteiger partial charge in [-0.2, -0.15) is 0 Å². The number of aromatic nitrogens is 1. The van der Waals surface area contributed by atoms with Crippen LogP contribution in [0.5, 0.6) is 5.75 Å². The van der Waals surface area contributed by atoms with Crippen LogP contribution in [0.4, 0.5) is 17.1 Å². The number of anilines is 3. The molecule has 220 valence electrons. The molecule has 0 bridgehead atoms. The number of nitrogens with zero attached hydrogens (tertiary/aromatic N) is 3. The normalized spacial score (nSPS) is 19.2. The smallest absolute Gasteiger partial charge is 0.308 e. The summed E-state index contributed by atoms with van der Waals surface area (Å²) in [4.78, 5) is 58.2. The number of nitrogens with one attached hydrogen (secondary N) is 1. The summed E-state index contributed by atoms with van der Waals surface area (Å²) in [5.41, 5.74) is 3.85. The van der Waals surface area contributed by atoms with Crippen LogP contribution in [-0.2, 0) is 20.9 Å². The summed E-state index contributed by atoms with van der Waals surface area (Å²) < 4.78 is 6.69. The van der Waals surface area contributed by atoms with E-state index in [0.717, 1.165) is 28.2 Å². The van der Waals surface area contributed by atoms with Gasteiger partial charge in [0.2, 0.25) is 17.7 Å². The van der Waals surface area contributed by atoms with E-state index in [1.807, 2.05) is 74.4 Å². The van der Waals surface area contributed by atoms with E-state index in [9.17, 15) is 19.2 Å². The minimum atomic E-state index is -0.764. The molecule has 0 saturated carbocycles. The van der Waals surface area contributed by atoms with Crippen LogP contribution in [0.1, 0.15) is 21.9 Å². The van der Waals surface area contributed by atoms with Gasteiger partial charge in [0, 0.05) is 36.3 Å². The van der Waals surface area contributed by atoms with Gasteiger partial charge in [-0.15, -0.1) is 0 Å². The number of carbonyl (C=O) groups is 3. The molecule has 1 saturated heterocycles. The number of thioether (sulfide) groups is 1. The van der Waals surface area contributed by atoms with Crippen LogP contribution in [0.25, 0.3) is 0 Å². The molecule has 4 aromatic rings. The predicted molar refractivity (Wildman–Crippen MR) is 170 cm³/mol. The first-order valence-corrected chi connectivity index (χ1v) is 15.4. The lowest BCUT2D eigenvalue weighted by molar-refractivity contribution is -0.122. The van der Waals surface area contributed by atoms with Crippen molar-refractivity contribution in [2.45, 2.75) is 29.7 Å². The molecule has 11 heteroatoms. The molecule has 2 aliphatic rings. The molecule has 3 atom stereocenters. The van der Waals surface area contributed by atoms with Gasteiger partial charge in [-0.25, -0.2) is 4.90 Å². The fourth-order valence-corrected chi connectivity index (χ4v) is 8.40. The van der Waals surface area contributed by atoms with Gasteiger partial charge in [0.1, 0.15) is 17.5 Å². The third kappa shape index (κ3) is 5.12. The second kappa shape index (κ2) is 11.4. The van der Waals surface area contributed by atoms with E-state index in [0.29, 0.717) is 27.0 Å². The molecule has 0 spiro atoms. The van der Waals surface area contributed by atoms with Crippen LogP contribution in [-0.4, -0.2) is 48.7 Å². The lowest BCUT2D eigenvalue weighted by atomic mass is 9.83. The van der Waals surface area contributed by atoms with Crippen molar-refractivity contribution in [3.8, 4) is 5.75 Å². The molecule has 3 aromatic carbocycles. The molecule has 43 heavy (non-hydrogen) atoms. The second-order valence-corrected chi connectivity index (χ2v) is 12.8. The Kier molecular flexibility index (Phi) is 7.61. The summed E-state index contributed by atoms with van der Waals surface area (Å²) in [5, 5.41) is 2.68. The monoisotopic (exact) mass is 614 g/mol. The second-order valence-electron chi connectivity index (χ2n) is 10.7. The average Bonchev–Trinajstić information content (AvgIpc) is 3.44.